The molecule has 3 rings (SSSR count). The quantitative estimate of drug-likeness (QED) is 0.299. The number of thioether (sulfide) groups is 1. The van der Waals surface area contributed by atoms with Gasteiger partial charge in [0.2, 0.25) is 0 Å². The van der Waals surface area contributed by atoms with E-state index in [2.05, 4.69) is 10.6 Å². The molecule has 4 nitrogen and oxygen atoms in total. The summed E-state index contributed by atoms with van der Waals surface area (Å²) in [7, 11) is 0. The van der Waals surface area contributed by atoms with E-state index in [1.807, 2.05) is 18.7 Å². The highest BCUT2D eigenvalue weighted by molar-refractivity contribution is 14.0. The lowest BCUT2D eigenvalue weighted by Crippen LogP contribution is -2.42. The molecule has 170 valence electrons. The van der Waals surface area contributed by atoms with Crippen LogP contribution in [0.4, 0.5) is 13.2 Å². The van der Waals surface area contributed by atoms with Gasteiger partial charge in [0.1, 0.15) is 0 Å². The molecule has 0 aliphatic carbocycles. The van der Waals surface area contributed by atoms with Gasteiger partial charge in [-0.25, -0.2) is 0 Å². The zero-order valence-corrected chi connectivity index (χ0v) is 20.4. The van der Waals surface area contributed by atoms with Crippen molar-refractivity contribution >= 4 is 41.7 Å². The van der Waals surface area contributed by atoms with Crippen LogP contribution in [0.15, 0.2) is 29.3 Å². The summed E-state index contributed by atoms with van der Waals surface area (Å²) in [6.07, 6.45) is -0.557. The highest BCUT2D eigenvalue weighted by Crippen LogP contribution is 2.38. The Morgan fingerprint density at radius 3 is 2.67 bits per heavy atom. The zero-order chi connectivity index (χ0) is 20.7. The minimum atomic E-state index is -4.35. The largest absolute Gasteiger partial charge is 0.416 e. The van der Waals surface area contributed by atoms with Gasteiger partial charge >= 0.3 is 6.18 Å². The molecule has 2 fully saturated rings. The molecule has 2 N–H and O–H groups in total. The van der Waals surface area contributed by atoms with Crippen molar-refractivity contribution in [1.29, 1.82) is 0 Å². The lowest BCUT2D eigenvalue weighted by atomic mass is 9.74. The fraction of sp³-hybridized carbons (Fsp3) is 0.667. The second kappa shape index (κ2) is 11.8. The predicted octanol–water partition coefficient (Wildman–Crippen LogP) is 4.82. The van der Waals surface area contributed by atoms with Crippen molar-refractivity contribution in [2.45, 2.75) is 49.4 Å². The van der Waals surface area contributed by atoms with E-state index < -0.39 is 17.2 Å². The first-order valence-corrected chi connectivity index (χ1v) is 11.4. The topological polar surface area (TPSA) is 45.7 Å². The van der Waals surface area contributed by atoms with Crippen LogP contribution < -0.4 is 10.6 Å². The van der Waals surface area contributed by atoms with Crippen molar-refractivity contribution in [2.75, 3.05) is 38.6 Å². The molecule has 0 radical (unpaired) electrons. The molecule has 2 heterocycles. The maximum Gasteiger partial charge on any atom is 0.416 e. The molecule has 0 bridgehead atoms. The molecule has 2 saturated heterocycles. The number of rotatable bonds is 6. The van der Waals surface area contributed by atoms with Crippen molar-refractivity contribution in [3.63, 3.8) is 0 Å². The van der Waals surface area contributed by atoms with E-state index in [1.54, 1.807) is 6.07 Å². The fourth-order valence-corrected chi connectivity index (χ4v) is 5.11. The van der Waals surface area contributed by atoms with E-state index in [0.717, 1.165) is 25.1 Å². The van der Waals surface area contributed by atoms with Crippen LogP contribution in [0.25, 0.3) is 0 Å². The van der Waals surface area contributed by atoms with Crippen LogP contribution in [0.1, 0.15) is 43.7 Å². The number of aliphatic imine (C=N–C) groups is 1. The van der Waals surface area contributed by atoms with Crippen LogP contribution >= 0.6 is 35.7 Å². The minimum Gasteiger partial charge on any atom is -0.381 e. The molecule has 0 amide bonds. The van der Waals surface area contributed by atoms with Crippen LogP contribution in [0, 0.1) is 0 Å². The van der Waals surface area contributed by atoms with Gasteiger partial charge in [0.05, 0.1) is 12.1 Å². The first-order valence-electron chi connectivity index (χ1n) is 10.3. The molecule has 0 saturated carbocycles. The Bertz CT molecular complexity index is 690. The number of halogens is 4. The normalized spacial score (nSPS) is 21.7. The Morgan fingerprint density at radius 1 is 1.27 bits per heavy atom. The second-order valence-corrected chi connectivity index (χ2v) is 9.09. The molecule has 9 heteroatoms. The Balaban J connectivity index is 0.00000320. The SMILES string of the molecule is CCNC(=NCC1(c2cccc(C(F)(F)F)c2)CCOCC1)NCC1CCCS1.I. The third kappa shape index (κ3) is 6.91. The number of guanidine groups is 1. The average molecular weight is 557 g/mol. The smallest absolute Gasteiger partial charge is 0.381 e. The number of hydrogen-bond donors (Lipinski definition) is 2. The Labute approximate surface area is 198 Å². The van der Waals surface area contributed by atoms with Gasteiger partial charge in [0.15, 0.2) is 5.96 Å². The van der Waals surface area contributed by atoms with Crippen molar-refractivity contribution in [1.82, 2.24) is 10.6 Å². The molecule has 0 aromatic heterocycles. The van der Waals surface area contributed by atoms with Gasteiger partial charge in [-0.15, -0.1) is 24.0 Å². The highest BCUT2D eigenvalue weighted by Gasteiger charge is 2.37. The van der Waals surface area contributed by atoms with Crippen LogP contribution in [0.2, 0.25) is 0 Å². The molecule has 2 aliphatic rings. The molecule has 0 spiro atoms. The van der Waals surface area contributed by atoms with Crippen molar-refractivity contribution in [3.8, 4) is 0 Å². The molecular formula is C21H31F3IN3OS. The van der Waals surface area contributed by atoms with Gasteiger partial charge < -0.3 is 15.4 Å². The summed E-state index contributed by atoms with van der Waals surface area (Å²) >= 11 is 1.98. The number of nitrogens with one attached hydrogen (secondary N) is 2. The average Bonchev–Trinajstić information content (AvgIpc) is 3.24. The predicted molar refractivity (Wildman–Crippen MR) is 128 cm³/mol. The summed E-state index contributed by atoms with van der Waals surface area (Å²) in [6.45, 7) is 5.12. The van der Waals surface area contributed by atoms with Gasteiger partial charge in [-0.1, -0.05) is 18.2 Å². The van der Waals surface area contributed by atoms with Crippen molar-refractivity contribution in [2.24, 2.45) is 4.99 Å². The van der Waals surface area contributed by atoms with E-state index in [9.17, 15) is 13.2 Å². The fourth-order valence-electron chi connectivity index (χ4n) is 3.91. The van der Waals surface area contributed by atoms with E-state index in [-0.39, 0.29) is 24.0 Å². The lowest BCUT2D eigenvalue weighted by molar-refractivity contribution is -0.137. The van der Waals surface area contributed by atoms with Gasteiger partial charge in [-0.05, 0) is 50.0 Å². The molecule has 2 aliphatic heterocycles. The number of alkyl halides is 3. The second-order valence-electron chi connectivity index (χ2n) is 7.68. The Hall–Kier alpha value is -0.680. The van der Waals surface area contributed by atoms with E-state index >= 15 is 0 Å². The van der Waals surface area contributed by atoms with E-state index in [4.69, 9.17) is 9.73 Å². The summed E-state index contributed by atoms with van der Waals surface area (Å²) in [5, 5.41) is 7.28. The Morgan fingerprint density at radius 2 is 2.03 bits per heavy atom. The lowest BCUT2D eigenvalue weighted by Gasteiger charge is -2.37. The first kappa shape index (κ1) is 25.6. The minimum absolute atomic E-state index is 0. The van der Waals surface area contributed by atoms with Crippen LogP contribution in [-0.2, 0) is 16.3 Å². The summed E-state index contributed by atoms with van der Waals surface area (Å²) in [6, 6.07) is 5.71. The summed E-state index contributed by atoms with van der Waals surface area (Å²) in [5.74, 6) is 1.94. The van der Waals surface area contributed by atoms with Crippen molar-refractivity contribution < 1.29 is 17.9 Å². The zero-order valence-electron chi connectivity index (χ0n) is 17.3. The third-order valence-corrected chi connectivity index (χ3v) is 7.06. The number of benzene rings is 1. The van der Waals surface area contributed by atoms with Gasteiger partial charge in [-0.2, -0.15) is 24.9 Å². The molecule has 30 heavy (non-hydrogen) atoms. The maximum absolute atomic E-state index is 13.2. The number of nitrogens with zero attached hydrogens (tertiary/aromatic N) is 1. The van der Waals surface area contributed by atoms with Gasteiger partial charge in [0, 0.05) is 37.0 Å². The number of hydrogen-bond acceptors (Lipinski definition) is 3. The molecule has 1 aromatic carbocycles. The molecule has 1 aromatic rings. The maximum atomic E-state index is 13.2. The third-order valence-electron chi connectivity index (χ3n) is 5.66. The first-order chi connectivity index (χ1) is 13.9. The summed E-state index contributed by atoms with van der Waals surface area (Å²) in [5.41, 5.74) is -0.348. The summed E-state index contributed by atoms with van der Waals surface area (Å²) in [4.78, 5) is 4.79. The standard InChI is InChI=1S/C21H30F3N3OS.HI/c1-2-25-19(26-14-18-7-4-12-29-18)27-15-20(8-10-28-11-9-20)16-5-3-6-17(13-16)21(22,23)24;/h3,5-6,13,18H,2,4,7-12,14-15H2,1H3,(H2,25,26,27);1H. The van der Waals surface area contributed by atoms with Gasteiger partial charge in [0.25, 0.3) is 0 Å². The number of ether oxygens (including phenoxy) is 1. The van der Waals surface area contributed by atoms with Crippen molar-refractivity contribution in [3.05, 3.63) is 35.4 Å². The van der Waals surface area contributed by atoms with Crippen LogP contribution in [0.5, 0.6) is 0 Å². The van der Waals surface area contributed by atoms with Gasteiger partial charge in [-0.3, -0.25) is 4.99 Å². The molecular weight excluding hydrogens is 526 g/mol. The molecule has 1 unspecified atom stereocenters. The van der Waals surface area contributed by atoms with Crippen LogP contribution in [0.3, 0.4) is 0 Å². The van der Waals surface area contributed by atoms with E-state index in [1.165, 1.54) is 30.7 Å². The van der Waals surface area contributed by atoms with Crippen LogP contribution in [-0.4, -0.2) is 49.8 Å². The molecule has 1 atom stereocenters. The highest BCUT2D eigenvalue weighted by atomic mass is 127. The summed E-state index contributed by atoms with van der Waals surface area (Å²) < 4.78 is 45.3. The Kier molecular flexibility index (Phi) is 10.1. The monoisotopic (exact) mass is 557 g/mol. The van der Waals surface area contributed by atoms with E-state index in [0.29, 0.717) is 43.4 Å².